The van der Waals surface area contributed by atoms with Gasteiger partial charge in [0.1, 0.15) is 0 Å². The van der Waals surface area contributed by atoms with Gasteiger partial charge in [0, 0.05) is 43.9 Å². The molecular formula is C22H32N4O2S. The van der Waals surface area contributed by atoms with Crippen LogP contribution in [-0.2, 0) is 19.4 Å². The van der Waals surface area contributed by atoms with Gasteiger partial charge in [0.05, 0.1) is 24.9 Å². The lowest BCUT2D eigenvalue weighted by molar-refractivity contribution is 0.346. The minimum Gasteiger partial charge on any atom is -0.493 e. The van der Waals surface area contributed by atoms with Crippen LogP contribution in [0.3, 0.4) is 0 Å². The lowest BCUT2D eigenvalue weighted by Gasteiger charge is -2.32. The Bertz CT molecular complexity index is 847. The molecule has 29 heavy (non-hydrogen) atoms. The van der Waals surface area contributed by atoms with Crippen LogP contribution in [0.2, 0.25) is 0 Å². The first-order valence-corrected chi connectivity index (χ1v) is 11.1. The van der Waals surface area contributed by atoms with Crippen molar-refractivity contribution in [2.24, 2.45) is 4.99 Å². The summed E-state index contributed by atoms with van der Waals surface area (Å²) in [6.45, 7) is 9.81. The SMILES string of the molecule is CCNC(=NCCc1csc(C(C)C)n1)N1CCc2cc(OC)c(OC)cc2C1. The largest absolute Gasteiger partial charge is 0.493 e. The minimum absolute atomic E-state index is 0.485. The van der Waals surface area contributed by atoms with E-state index in [2.05, 4.69) is 48.5 Å². The second-order valence-electron chi connectivity index (χ2n) is 7.46. The number of aliphatic imine (C=N–C) groups is 1. The number of nitrogens with zero attached hydrogens (tertiary/aromatic N) is 3. The van der Waals surface area contributed by atoms with Crippen molar-refractivity contribution in [3.8, 4) is 11.5 Å². The maximum Gasteiger partial charge on any atom is 0.194 e. The standard InChI is InChI=1S/C22H32N4O2S/c1-6-23-22(24-9-7-18-14-29-21(25-18)15(2)3)26-10-8-16-11-19(27-4)20(28-5)12-17(16)13-26/h11-12,14-15H,6-10,13H2,1-5H3,(H,23,24). The molecule has 1 aliphatic rings. The van der Waals surface area contributed by atoms with Crippen LogP contribution in [0, 0.1) is 0 Å². The summed E-state index contributed by atoms with van der Waals surface area (Å²) in [6.07, 6.45) is 1.83. The predicted octanol–water partition coefficient (Wildman–Crippen LogP) is 3.85. The van der Waals surface area contributed by atoms with E-state index < -0.39 is 0 Å². The predicted molar refractivity (Wildman–Crippen MR) is 120 cm³/mol. The van der Waals surface area contributed by atoms with Gasteiger partial charge < -0.3 is 19.7 Å². The zero-order valence-electron chi connectivity index (χ0n) is 18.1. The summed E-state index contributed by atoms with van der Waals surface area (Å²) in [5.41, 5.74) is 3.72. The molecule has 0 fully saturated rings. The maximum absolute atomic E-state index is 5.48. The van der Waals surface area contributed by atoms with E-state index in [1.165, 1.54) is 16.1 Å². The van der Waals surface area contributed by atoms with Crippen molar-refractivity contribution in [2.45, 2.75) is 46.1 Å². The van der Waals surface area contributed by atoms with Gasteiger partial charge in [-0.3, -0.25) is 4.99 Å². The number of methoxy groups -OCH3 is 2. The first kappa shape index (κ1) is 21.4. The third-order valence-electron chi connectivity index (χ3n) is 5.05. The van der Waals surface area contributed by atoms with Crippen LogP contribution in [0.1, 0.15) is 48.5 Å². The monoisotopic (exact) mass is 416 g/mol. The number of fused-ring (bicyclic) bond motifs is 1. The Morgan fingerprint density at radius 3 is 2.59 bits per heavy atom. The van der Waals surface area contributed by atoms with Crippen molar-refractivity contribution < 1.29 is 9.47 Å². The molecule has 6 nitrogen and oxygen atoms in total. The normalized spacial score (nSPS) is 14.1. The summed E-state index contributed by atoms with van der Waals surface area (Å²) < 4.78 is 10.9. The quantitative estimate of drug-likeness (QED) is 0.549. The Morgan fingerprint density at radius 2 is 1.97 bits per heavy atom. The molecule has 2 aromatic rings. The molecule has 2 heterocycles. The van der Waals surface area contributed by atoms with E-state index in [0.29, 0.717) is 5.92 Å². The highest BCUT2D eigenvalue weighted by Crippen LogP contribution is 2.33. The fourth-order valence-corrected chi connectivity index (χ4v) is 4.34. The number of hydrogen-bond acceptors (Lipinski definition) is 5. The highest BCUT2D eigenvalue weighted by atomic mass is 32.1. The van der Waals surface area contributed by atoms with Crippen molar-refractivity contribution in [3.05, 3.63) is 39.3 Å². The highest BCUT2D eigenvalue weighted by Gasteiger charge is 2.21. The van der Waals surface area contributed by atoms with Crippen LogP contribution >= 0.6 is 11.3 Å². The molecule has 0 bridgehead atoms. The fourth-order valence-electron chi connectivity index (χ4n) is 3.47. The van der Waals surface area contributed by atoms with E-state index in [1.807, 2.05) is 0 Å². The van der Waals surface area contributed by atoms with Crippen LogP contribution in [0.5, 0.6) is 11.5 Å². The Balaban J connectivity index is 1.69. The Labute approximate surface area is 178 Å². The Morgan fingerprint density at radius 1 is 1.24 bits per heavy atom. The molecule has 0 amide bonds. The molecule has 1 aliphatic heterocycles. The number of hydrogen-bond donors (Lipinski definition) is 1. The van der Waals surface area contributed by atoms with Crippen LogP contribution in [0.25, 0.3) is 0 Å². The number of benzene rings is 1. The zero-order valence-corrected chi connectivity index (χ0v) is 18.9. The van der Waals surface area contributed by atoms with E-state index in [4.69, 9.17) is 19.5 Å². The number of thiazole rings is 1. The second kappa shape index (κ2) is 9.96. The molecule has 0 radical (unpaired) electrons. The summed E-state index contributed by atoms with van der Waals surface area (Å²) in [6, 6.07) is 4.19. The lowest BCUT2D eigenvalue weighted by atomic mass is 9.99. The topological polar surface area (TPSA) is 59.0 Å². The summed E-state index contributed by atoms with van der Waals surface area (Å²) >= 11 is 1.75. The number of aromatic nitrogens is 1. The van der Waals surface area contributed by atoms with E-state index in [0.717, 1.165) is 62.2 Å². The zero-order chi connectivity index (χ0) is 20.8. The van der Waals surface area contributed by atoms with Crippen LogP contribution in [0.4, 0.5) is 0 Å². The molecule has 7 heteroatoms. The van der Waals surface area contributed by atoms with Crippen molar-refractivity contribution in [1.82, 2.24) is 15.2 Å². The number of ether oxygens (including phenoxy) is 2. The van der Waals surface area contributed by atoms with Gasteiger partial charge in [-0.25, -0.2) is 4.98 Å². The van der Waals surface area contributed by atoms with Crippen molar-refractivity contribution in [1.29, 1.82) is 0 Å². The van der Waals surface area contributed by atoms with Gasteiger partial charge in [-0.2, -0.15) is 0 Å². The van der Waals surface area contributed by atoms with Crippen molar-refractivity contribution in [2.75, 3.05) is 33.9 Å². The van der Waals surface area contributed by atoms with Crippen molar-refractivity contribution >= 4 is 17.3 Å². The molecule has 1 N–H and O–H groups in total. The summed E-state index contributed by atoms with van der Waals surface area (Å²) in [5, 5.41) is 6.81. The van der Waals surface area contributed by atoms with Gasteiger partial charge in [0.2, 0.25) is 0 Å². The van der Waals surface area contributed by atoms with E-state index >= 15 is 0 Å². The summed E-state index contributed by atoms with van der Waals surface area (Å²) in [4.78, 5) is 11.9. The second-order valence-corrected chi connectivity index (χ2v) is 8.35. The summed E-state index contributed by atoms with van der Waals surface area (Å²) in [7, 11) is 3.36. The average Bonchev–Trinajstić information content (AvgIpc) is 3.21. The molecule has 3 rings (SSSR count). The van der Waals surface area contributed by atoms with E-state index in [1.54, 1.807) is 25.6 Å². The molecule has 0 atom stereocenters. The first-order chi connectivity index (χ1) is 14.0. The van der Waals surface area contributed by atoms with Crippen molar-refractivity contribution in [3.63, 3.8) is 0 Å². The molecule has 0 aliphatic carbocycles. The van der Waals surface area contributed by atoms with E-state index in [9.17, 15) is 0 Å². The van der Waals surface area contributed by atoms with Gasteiger partial charge in [-0.05, 0) is 36.6 Å². The number of guanidine groups is 1. The maximum atomic E-state index is 5.48. The number of nitrogens with one attached hydrogen (secondary N) is 1. The lowest BCUT2D eigenvalue weighted by Crippen LogP contribution is -2.44. The third-order valence-corrected chi connectivity index (χ3v) is 6.24. The van der Waals surface area contributed by atoms with Gasteiger partial charge in [-0.15, -0.1) is 11.3 Å². The van der Waals surface area contributed by atoms with Crippen LogP contribution in [0.15, 0.2) is 22.5 Å². The van der Waals surface area contributed by atoms with Gasteiger partial charge >= 0.3 is 0 Å². The van der Waals surface area contributed by atoms with Crippen LogP contribution < -0.4 is 14.8 Å². The van der Waals surface area contributed by atoms with Crippen LogP contribution in [-0.4, -0.2) is 49.7 Å². The van der Waals surface area contributed by atoms with Gasteiger partial charge in [-0.1, -0.05) is 13.8 Å². The molecular weight excluding hydrogens is 384 g/mol. The molecule has 0 spiro atoms. The Kier molecular flexibility index (Phi) is 7.36. The van der Waals surface area contributed by atoms with Gasteiger partial charge in [0.15, 0.2) is 17.5 Å². The minimum atomic E-state index is 0.485. The summed E-state index contributed by atoms with van der Waals surface area (Å²) in [5.74, 6) is 3.02. The fraction of sp³-hybridized carbons (Fsp3) is 0.545. The van der Waals surface area contributed by atoms with Gasteiger partial charge in [0.25, 0.3) is 0 Å². The first-order valence-electron chi connectivity index (χ1n) is 10.3. The third kappa shape index (κ3) is 5.21. The average molecular weight is 417 g/mol. The molecule has 1 aromatic heterocycles. The molecule has 0 saturated carbocycles. The smallest absolute Gasteiger partial charge is 0.194 e. The molecule has 1 aromatic carbocycles. The Hall–Kier alpha value is -2.28. The highest BCUT2D eigenvalue weighted by molar-refractivity contribution is 7.09. The van der Waals surface area contributed by atoms with E-state index in [-0.39, 0.29) is 0 Å². The molecule has 0 saturated heterocycles. The molecule has 0 unspecified atom stereocenters. The molecule has 158 valence electrons. The number of rotatable bonds is 7.